The molecule has 14 heavy (non-hydrogen) atoms. The fourth-order valence-corrected chi connectivity index (χ4v) is 1.54. The number of alkyl carbamates (subject to hydrolysis) is 1. The largest absolute Gasteiger partial charge is 0.465 e. The van der Waals surface area contributed by atoms with Gasteiger partial charge >= 0.3 is 12.2 Å². The van der Waals surface area contributed by atoms with Crippen LogP contribution in [-0.4, -0.2) is 47.9 Å². The van der Waals surface area contributed by atoms with Gasteiger partial charge in [0, 0.05) is 19.5 Å². The summed E-state index contributed by atoms with van der Waals surface area (Å²) in [5.74, 6) is 0. The van der Waals surface area contributed by atoms with Gasteiger partial charge < -0.3 is 20.1 Å². The number of likely N-dealkylation sites (tertiary alicyclic amines) is 1. The van der Waals surface area contributed by atoms with E-state index in [1.54, 1.807) is 6.92 Å². The van der Waals surface area contributed by atoms with Crippen molar-refractivity contribution in [3.8, 4) is 0 Å². The number of rotatable bonds is 1. The Morgan fingerprint density at radius 2 is 2.21 bits per heavy atom. The van der Waals surface area contributed by atoms with Crippen molar-refractivity contribution in [3.05, 3.63) is 0 Å². The van der Waals surface area contributed by atoms with Crippen molar-refractivity contribution >= 4 is 12.2 Å². The van der Waals surface area contributed by atoms with Crippen LogP contribution < -0.4 is 5.32 Å². The molecule has 0 unspecified atom stereocenters. The average molecular weight is 202 g/mol. The van der Waals surface area contributed by atoms with Crippen molar-refractivity contribution in [2.45, 2.75) is 25.5 Å². The van der Waals surface area contributed by atoms with Crippen molar-refractivity contribution in [2.24, 2.45) is 0 Å². The molecule has 80 valence electrons. The molecule has 2 amide bonds. The van der Waals surface area contributed by atoms with Crippen molar-refractivity contribution in [2.75, 3.05) is 13.6 Å². The van der Waals surface area contributed by atoms with Gasteiger partial charge in [0.25, 0.3) is 0 Å². The van der Waals surface area contributed by atoms with Crippen LogP contribution in [0.15, 0.2) is 0 Å². The minimum absolute atomic E-state index is 0.0952. The highest BCUT2D eigenvalue weighted by molar-refractivity contribution is 5.68. The van der Waals surface area contributed by atoms with E-state index in [4.69, 9.17) is 9.84 Å². The first-order valence-electron chi connectivity index (χ1n) is 4.42. The minimum atomic E-state index is -0.972. The number of nitrogens with one attached hydrogen (secondary N) is 1. The number of carboxylic acid groups (broad SMARTS) is 1. The van der Waals surface area contributed by atoms with Crippen molar-refractivity contribution in [1.82, 2.24) is 10.2 Å². The second-order valence-electron chi connectivity index (χ2n) is 3.30. The van der Waals surface area contributed by atoms with Crippen LogP contribution in [0.1, 0.15) is 13.3 Å². The molecule has 6 heteroatoms. The van der Waals surface area contributed by atoms with Crippen LogP contribution in [0.5, 0.6) is 0 Å². The third-order valence-corrected chi connectivity index (χ3v) is 2.26. The number of carbonyl (C=O) groups excluding carboxylic acids is 1. The molecule has 1 fully saturated rings. The summed E-state index contributed by atoms with van der Waals surface area (Å²) in [5, 5.41) is 11.1. The van der Waals surface area contributed by atoms with E-state index >= 15 is 0 Å². The van der Waals surface area contributed by atoms with E-state index in [9.17, 15) is 9.59 Å². The Kier molecular flexibility index (Phi) is 3.16. The third kappa shape index (κ3) is 2.27. The maximum absolute atomic E-state index is 10.9. The molecule has 0 aromatic rings. The van der Waals surface area contributed by atoms with Gasteiger partial charge in [-0.05, 0) is 6.92 Å². The van der Waals surface area contributed by atoms with Gasteiger partial charge in [0.1, 0.15) is 6.10 Å². The first kappa shape index (κ1) is 10.6. The Bertz CT molecular complexity index is 243. The minimum Gasteiger partial charge on any atom is -0.465 e. The zero-order chi connectivity index (χ0) is 10.7. The summed E-state index contributed by atoms with van der Waals surface area (Å²) in [6.45, 7) is 2.05. The third-order valence-electron chi connectivity index (χ3n) is 2.26. The molecule has 0 spiro atoms. The highest BCUT2D eigenvalue weighted by atomic mass is 16.6. The van der Waals surface area contributed by atoms with Gasteiger partial charge in [-0.15, -0.1) is 0 Å². The van der Waals surface area contributed by atoms with E-state index in [2.05, 4.69) is 5.32 Å². The number of carbonyl (C=O) groups is 2. The Morgan fingerprint density at radius 3 is 2.64 bits per heavy atom. The molecule has 2 atom stereocenters. The van der Waals surface area contributed by atoms with Crippen molar-refractivity contribution in [3.63, 3.8) is 0 Å². The number of ether oxygens (including phenoxy) is 1. The molecule has 0 aliphatic carbocycles. The summed E-state index contributed by atoms with van der Waals surface area (Å²) in [4.78, 5) is 22.8. The number of hydrogen-bond donors (Lipinski definition) is 2. The van der Waals surface area contributed by atoms with E-state index in [0.717, 1.165) is 0 Å². The van der Waals surface area contributed by atoms with E-state index in [0.29, 0.717) is 6.42 Å². The predicted octanol–water partition coefficient (Wildman–Crippen LogP) is 0.483. The molecule has 0 aromatic carbocycles. The normalized spacial score (nSPS) is 26.0. The first-order chi connectivity index (χ1) is 6.54. The molecule has 0 saturated carbocycles. The maximum atomic E-state index is 10.9. The highest BCUT2D eigenvalue weighted by Crippen LogP contribution is 2.19. The molecule has 0 aromatic heterocycles. The van der Waals surface area contributed by atoms with Crippen molar-refractivity contribution < 1.29 is 19.4 Å². The molecule has 1 heterocycles. The van der Waals surface area contributed by atoms with Gasteiger partial charge in [-0.2, -0.15) is 0 Å². The number of amides is 2. The quantitative estimate of drug-likeness (QED) is 0.648. The number of hydrogen-bond acceptors (Lipinski definition) is 3. The predicted molar refractivity (Wildman–Crippen MR) is 48.1 cm³/mol. The van der Waals surface area contributed by atoms with Gasteiger partial charge in [0.15, 0.2) is 0 Å². The van der Waals surface area contributed by atoms with E-state index in [1.807, 2.05) is 0 Å². The summed E-state index contributed by atoms with van der Waals surface area (Å²) >= 11 is 0. The molecule has 1 saturated heterocycles. The smallest absolute Gasteiger partial charge is 0.407 e. The molecule has 6 nitrogen and oxygen atoms in total. The Morgan fingerprint density at radius 1 is 1.57 bits per heavy atom. The van der Waals surface area contributed by atoms with Crippen LogP contribution in [0.25, 0.3) is 0 Å². The number of nitrogens with zero attached hydrogens (tertiary/aromatic N) is 1. The summed E-state index contributed by atoms with van der Waals surface area (Å²) < 4.78 is 4.96. The van der Waals surface area contributed by atoms with Crippen LogP contribution in [0.2, 0.25) is 0 Å². The van der Waals surface area contributed by atoms with Crippen molar-refractivity contribution in [1.29, 1.82) is 0 Å². The molecule has 1 aliphatic heterocycles. The highest BCUT2D eigenvalue weighted by Gasteiger charge is 2.34. The first-order valence-corrected chi connectivity index (χ1v) is 4.42. The summed E-state index contributed by atoms with van der Waals surface area (Å²) in [5.41, 5.74) is 0. The molecule has 0 bridgehead atoms. The standard InChI is InChI=1S/C8H14N2O4/c1-5-3-6(14-7(11)9-2)4-10(5)8(12)13/h5-6H,3-4H2,1-2H3,(H,9,11)(H,12,13)/t5-,6+/m1/s1. The second kappa shape index (κ2) is 4.17. The lowest BCUT2D eigenvalue weighted by Crippen LogP contribution is -2.34. The molecule has 1 aliphatic rings. The zero-order valence-corrected chi connectivity index (χ0v) is 8.19. The molecular weight excluding hydrogens is 188 g/mol. The SMILES string of the molecule is CNC(=O)O[C@H]1C[C@@H](C)N(C(=O)O)C1. The lowest BCUT2D eigenvalue weighted by molar-refractivity contribution is 0.0989. The van der Waals surface area contributed by atoms with Gasteiger partial charge in [-0.3, -0.25) is 0 Å². The lowest BCUT2D eigenvalue weighted by Gasteiger charge is -2.16. The average Bonchev–Trinajstić information content (AvgIpc) is 2.46. The van der Waals surface area contributed by atoms with Gasteiger partial charge in [-0.1, -0.05) is 0 Å². The van der Waals surface area contributed by atoms with Gasteiger partial charge in [-0.25, -0.2) is 9.59 Å². The van der Waals surface area contributed by atoms with Crippen LogP contribution in [-0.2, 0) is 4.74 Å². The molecule has 2 N–H and O–H groups in total. The topological polar surface area (TPSA) is 78.9 Å². The van der Waals surface area contributed by atoms with E-state index < -0.39 is 12.2 Å². The fraction of sp³-hybridized carbons (Fsp3) is 0.750. The second-order valence-corrected chi connectivity index (χ2v) is 3.30. The lowest BCUT2D eigenvalue weighted by atomic mass is 10.2. The monoisotopic (exact) mass is 202 g/mol. The van der Waals surface area contributed by atoms with Gasteiger partial charge in [0.2, 0.25) is 0 Å². The molecule has 0 radical (unpaired) electrons. The van der Waals surface area contributed by atoms with Crippen LogP contribution in [0.4, 0.5) is 9.59 Å². The fourth-order valence-electron chi connectivity index (χ4n) is 1.54. The zero-order valence-electron chi connectivity index (χ0n) is 8.19. The summed E-state index contributed by atoms with van der Waals surface area (Å²) in [7, 11) is 1.47. The maximum Gasteiger partial charge on any atom is 0.407 e. The van der Waals surface area contributed by atoms with E-state index in [-0.39, 0.29) is 18.7 Å². The summed E-state index contributed by atoms with van der Waals surface area (Å²) in [6, 6.07) is -0.0952. The van der Waals surface area contributed by atoms with Crippen LogP contribution >= 0.6 is 0 Å². The van der Waals surface area contributed by atoms with Crippen LogP contribution in [0, 0.1) is 0 Å². The van der Waals surface area contributed by atoms with E-state index in [1.165, 1.54) is 11.9 Å². The molecular formula is C8H14N2O4. The Hall–Kier alpha value is -1.46. The Balaban J connectivity index is 2.46. The molecule has 1 rings (SSSR count). The van der Waals surface area contributed by atoms with Crippen LogP contribution in [0.3, 0.4) is 0 Å². The van der Waals surface area contributed by atoms with Gasteiger partial charge in [0.05, 0.1) is 6.54 Å². The summed E-state index contributed by atoms with van der Waals surface area (Å²) in [6.07, 6.45) is -1.27. The Labute approximate surface area is 81.8 Å².